The van der Waals surface area contributed by atoms with Gasteiger partial charge in [-0.05, 0) is 25.1 Å². The molecule has 13 heavy (non-hydrogen) atoms. The summed E-state index contributed by atoms with van der Waals surface area (Å²) in [5.74, 6) is -0.415. The molecule has 0 aliphatic heterocycles. The Labute approximate surface area is 75.0 Å². The fourth-order valence-electron chi connectivity index (χ4n) is 1.28. The van der Waals surface area contributed by atoms with Gasteiger partial charge < -0.3 is 5.73 Å². The van der Waals surface area contributed by atoms with Gasteiger partial charge in [-0.1, -0.05) is 0 Å². The molecule has 2 aromatic heterocycles. The third-order valence-electron chi connectivity index (χ3n) is 1.87. The molecule has 0 unspecified atom stereocenters. The van der Waals surface area contributed by atoms with Gasteiger partial charge in [-0.25, -0.2) is 4.52 Å². The van der Waals surface area contributed by atoms with Crippen LogP contribution in [0.3, 0.4) is 0 Å². The number of amides is 1. The predicted molar refractivity (Wildman–Crippen MR) is 48.4 cm³/mol. The Morgan fingerprint density at radius 1 is 1.54 bits per heavy atom. The zero-order valence-corrected chi connectivity index (χ0v) is 7.19. The number of pyridine rings is 1. The predicted octanol–water partition coefficient (Wildman–Crippen LogP) is 0.742. The lowest BCUT2D eigenvalue weighted by Crippen LogP contribution is -2.10. The van der Waals surface area contributed by atoms with E-state index in [9.17, 15) is 4.79 Å². The fourth-order valence-corrected chi connectivity index (χ4v) is 1.28. The average Bonchev–Trinajstić information content (AvgIpc) is 2.42. The van der Waals surface area contributed by atoms with Gasteiger partial charge in [0.05, 0.1) is 11.2 Å². The van der Waals surface area contributed by atoms with E-state index >= 15 is 0 Å². The molecule has 0 saturated carbocycles. The molecule has 0 fully saturated rings. The molecule has 0 aromatic carbocycles. The van der Waals surface area contributed by atoms with Gasteiger partial charge in [-0.15, -0.1) is 0 Å². The Kier molecular flexibility index (Phi) is 1.55. The van der Waals surface area contributed by atoms with Crippen molar-refractivity contribution >= 4 is 11.4 Å². The molecule has 4 heteroatoms. The number of nitrogens with two attached hydrogens (primary N) is 1. The monoisotopic (exact) mass is 175 g/mol. The molecule has 0 aliphatic rings. The highest BCUT2D eigenvalue weighted by atomic mass is 16.1. The Hall–Kier alpha value is -1.84. The highest BCUT2D eigenvalue weighted by molar-refractivity contribution is 5.93. The Morgan fingerprint density at radius 3 is 3.00 bits per heavy atom. The number of carbonyl (C=O) groups excluding carboxylic acids is 1. The summed E-state index contributed by atoms with van der Waals surface area (Å²) >= 11 is 0. The minimum atomic E-state index is -0.415. The van der Waals surface area contributed by atoms with Crippen LogP contribution in [0.25, 0.3) is 5.52 Å². The van der Waals surface area contributed by atoms with E-state index in [0.717, 1.165) is 11.2 Å². The summed E-state index contributed by atoms with van der Waals surface area (Å²) in [5, 5.41) is 4.18. The molecule has 0 atom stereocenters. The van der Waals surface area contributed by atoms with Crippen molar-refractivity contribution in [1.29, 1.82) is 0 Å². The molecule has 0 saturated heterocycles. The quantitative estimate of drug-likeness (QED) is 0.694. The van der Waals surface area contributed by atoms with E-state index in [1.54, 1.807) is 22.8 Å². The molecule has 2 rings (SSSR count). The topological polar surface area (TPSA) is 60.4 Å². The van der Waals surface area contributed by atoms with Crippen molar-refractivity contribution in [2.45, 2.75) is 6.92 Å². The van der Waals surface area contributed by atoms with Gasteiger partial charge in [-0.3, -0.25) is 4.79 Å². The molecule has 1 amide bonds. The van der Waals surface area contributed by atoms with E-state index in [-0.39, 0.29) is 0 Å². The molecular formula is C9H9N3O. The molecule has 4 nitrogen and oxygen atoms in total. The van der Waals surface area contributed by atoms with Gasteiger partial charge in [0.15, 0.2) is 0 Å². The Balaban J connectivity index is 2.67. The van der Waals surface area contributed by atoms with Crippen molar-refractivity contribution in [3.05, 3.63) is 35.7 Å². The van der Waals surface area contributed by atoms with Gasteiger partial charge in [0.25, 0.3) is 0 Å². The van der Waals surface area contributed by atoms with E-state index in [4.69, 9.17) is 5.73 Å². The number of aromatic nitrogens is 2. The number of primary amides is 1. The molecule has 2 N–H and O–H groups in total. The number of aryl methyl sites for hydroxylation is 1. The van der Waals surface area contributed by atoms with Crippen LogP contribution in [0, 0.1) is 6.92 Å². The first-order chi connectivity index (χ1) is 6.16. The Morgan fingerprint density at radius 2 is 2.31 bits per heavy atom. The van der Waals surface area contributed by atoms with Crippen molar-refractivity contribution in [3.8, 4) is 0 Å². The number of hydrogen-bond donors (Lipinski definition) is 1. The maximum Gasteiger partial charge on any atom is 0.248 e. The van der Waals surface area contributed by atoms with Crippen molar-refractivity contribution in [2.24, 2.45) is 5.73 Å². The van der Waals surface area contributed by atoms with Crippen LogP contribution in [0.5, 0.6) is 0 Å². The lowest BCUT2D eigenvalue weighted by atomic mass is 10.2. The lowest BCUT2D eigenvalue weighted by molar-refractivity contribution is 0.100. The molecule has 2 heterocycles. The van der Waals surface area contributed by atoms with Gasteiger partial charge in [0, 0.05) is 11.8 Å². The Bertz CT molecular complexity index is 473. The molecule has 66 valence electrons. The highest BCUT2D eigenvalue weighted by Gasteiger charge is 2.02. The zero-order valence-electron chi connectivity index (χ0n) is 7.19. The number of carbonyl (C=O) groups is 1. The lowest BCUT2D eigenvalue weighted by Gasteiger charge is -1.95. The number of hydrogen-bond acceptors (Lipinski definition) is 2. The maximum atomic E-state index is 10.8. The van der Waals surface area contributed by atoms with E-state index in [2.05, 4.69) is 5.10 Å². The van der Waals surface area contributed by atoms with Crippen molar-refractivity contribution in [3.63, 3.8) is 0 Å². The highest BCUT2D eigenvalue weighted by Crippen LogP contribution is 2.08. The van der Waals surface area contributed by atoms with Gasteiger partial charge in [0.1, 0.15) is 0 Å². The number of nitrogens with zero attached hydrogens (tertiary/aromatic N) is 2. The van der Waals surface area contributed by atoms with Crippen LogP contribution in [0.1, 0.15) is 16.1 Å². The van der Waals surface area contributed by atoms with E-state index in [0.29, 0.717) is 5.56 Å². The fraction of sp³-hybridized carbons (Fsp3) is 0.111. The largest absolute Gasteiger partial charge is 0.366 e. The minimum Gasteiger partial charge on any atom is -0.366 e. The summed E-state index contributed by atoms with van der Waals surface area (Å²) < 4.78 is 1.71. The van der Waals surface area contributed by atoms with Crippen LogP contribution >= 0.6 is 0 Å². The van der Waals surface area contributed by atoms with Crippen LogP contribution in [-0.2, 0) is 0 Å². The first-order valence-electron chi connectivity index (χ1n) is 3.92. The second-order valence-corrected chi connectivity index (χ2v) is 2.93. The molecule has 2 aromatic rings. The van der Waals surface area contributed by atoms with Crippen LogP contribution in [0.2, 0.25) is 0 Å². The second-order valence-electron chi connectivity index (χ2n) is 2.93. The zero-order chi connectivity index (χ0) is 9.42. The first-order valence-corrected chi connectivity index (χ1v) is 3.92. The summed E-state index contributed by atoms with van der Waals surface area (Å²) in [7, 11) is 0. The van der Waals surface area contributed by atoms with E-state index in [1.807, 2.05) is 13.0 Å². The maximum absolute atomic E-state index is 10.8. The average molecular weight is 175 g/mol. The molecule has 0 spiro atoms. The van der Waals surface area contributed by atoms with Crippen molar-refractivity contribution in [1.82, 2.24) is 9.61 Å². The van der Waals surface area contributed by atoms with Crippen LogP contribution < -0.4 is 5.73 Å². The molecule has 0 radical (unpaired) electrons. The van der Waals surface area contributed by atoms with E-state index < -0.39 is 5.91 Å². The molecule has 0 bridgehead atoms. The summed E-state index contributed by atoms with van der Waals surface area (Å²) in [6.07, 6.45) is 1.72. The SMILES string of the molecule is Cc1cc2cc(C(N)=O)ccn2n1. The van der Waals surface area contributed by atoms with Gasteiger partial charge in [0.2, 0.25) is 5.91 Å². The standard InChI is InChI=1S/C9H9N3O/c1-6-4-8-5-7(9(10)13)2-3-12(8)11-6/h2-5H,1H3,(H2,10,13). The number of fused-ring (bicyclic) bond motifs is 1. The van der Waals surface area contributed by atoms with Gasteiger partial charge >= 0.3 is 0 Å². The number of rotatable bonds is 1. The van der Waals surface area contributed by atoms with Crippen molar-refractivity contribution < 1.29 is 4.79 Å². The summed E-state index contributed by atoms with van der Waals surface area (Å²) in [6.45, 7) is 1.90. The second kappa shape index (κ2) is 2.58. The first kappa shape index (κ1) is 7.79. The van der Waals surface area contributed by atoms with Crippen molar-refractivity contribution in [2.75, 3.05) is 0 Å². The normalized spacial score (nSPS) is 10.5. The summed E-state index contributed by atoms with van der Waals surface area (Å²) in [6, 6.07) is 5.27. The molecular weight excluding hydrogens is 166 g/mol. The summed E-state index contributed by atoms with van der Waals surface area (Å²) in [5.41, 5.74) is 7.45. The van der Waals surface area contributed by atoms with E-state index in [1.165, 1.54) is 0 Å². The third-order valence-corrected chi connectivity index (χ3v) is 1.87. The van der Waals surface area contributed by atoms with Crippen LogP contribution in [-0.4, -0.2) is 15.5 Å². The van der Waals surface area contributed by atoms with Crippen LogP contribution in [0.15, 0.2) is 24.4 Å². The smallest absolute Gasteiger partial charge is 0.248 e. The minimum absolute atomic E-state index is 0.415. The summed E-state index contributed by atoms with van der Waals surface area (Å²) in [4.78, 5) is 10.8. The van der Waals surface area contributed by atoms with Crippen LogP contribution in [0.4, 0.5) is 0 Å². The third kappa shape index (κ3) is 1.26. The molecule has 0 aliphatic carbocycles. The van der Waals surface area contributed by atoms with Gasteiger partial charge in [-0.2, -0.15) is 5.10 Å².